The van der Waals surface area contributed by atoms with E-state index in [2.05, 4.69) is 14.8 Å². The van der Waals surface area contributed by atoms with Crippen molar-refractivity contribution in [1.82, 2.24) is 4.98 Å². The molecule has 0 unspecified atom stereocenters. The molecular weight excluding hydrogens is 255 g/mol. The average molecular weight is 272 g/mol. The minimum atomic E-state index is -0.197. The van der Waals surface area contributed by atoms with Gasteiger partial charge in [-0.1, -0.05) is 0 Å². The van der Waals surface area contributed by atoms with Crippen LogP contribution in [0.1, 0.15) is 0 Å². The molecule has 1 aromatic carbocycles. The van der Waals surface area contributed by atoms with Gasteiger partial charge in [-0.3, -0.25) is 4.98 Å². The fourth-order valence-electron chi connectivity index (χ4n) is 2.54. The van der Waals surface area contributed by atoms with Gasteiger partial charge in [-0.25, -0.2) is 4.39 Å². The molecule has 0 spiro atoms. The highest BCUT2D eigenvalue weighted by Crippen LogP contribution is 2.24. The van der Waals surface area contributed by atoms with Crippen LogP contribution in [0.15, 0.2) is 42.7 Å². The van der Waals surface area contributed by atoms with Crippen LogP contribution in [0.3, 0.4) is 0 Å². The van der Waals surface area contributed by atoms with Gasteiger partial charge in [0.05, 0.1) is 17.6 Å². The molecule has 104 valence electrons. The van der Waals surface area contributed by atoms with Crippen LogP contribution in [-0.4, -0.2) is 31.2 Å². The van der Waals surface area contributed by atoms with Gasteiger partial charge in [0.25, 0.3) is 0 Å². The maximum Gasteiger partial charge on any atom is 0.123 e. The number of nitrogens with zero attached hydrogens (tertiary/aromatic N) is 3. The first-order valence-corrected chi connectivity index (χ1v) is 6.69. The van der Waals surface area contributed by atoms with Gasteiger partial charge in [-0.15, -0.1) is 0 Å². The highest BCUT2D eigenvalue weighted by Gasteiger charge is 2.18. The Bertz CT molecular complexity index is 577. The van der Waals surface area contributed by atoms with Gasteiger partial charge < -0.3 is 15.5 Å². The summed E-state index contributed by atoms with van der Waals surface area (Å²) < 4.78 is 12.9. The average Bonchev–Trinajstić information content (AvgIpc) is 2.49. The predicted molar refractivity (Wildman–Crippen MR) is 79.5 cm³/mol. The third kappa shape index (κ3) is 2.52. The Balaban J connectivity index is 1.68. The molecule has 0 atom stereocenters. The van der Waals surface area contributed by atoms with Crippen molar-refractivity contribution >= 4 is 17.1 Å². The molecule has 4 nitrogen and oxygen atoms in total. The van der Waals surface area contributed by atoms with Crippen LogP contribution < -0.4 is 15.5 Å². The van der Waals surface area contributed by atoms with E-state index >= 15 is 0 Å². The van der Waals surface area contributed by atoms with Crippen LogP contribution in [0.25, 0.3) is 0 Å². The van der Waals surface area contributed by atoms with E-state index in [4.69, 9.17) is 5.73 Å². The Morgan fingerprint density at radius 3 is 2.25 bits per heavy atom. The molecule has 1 fully saturated rings. The topological polar surface area (TPSA) is 45.4 Å². The van der Waals surface area contributed by atoms with E-state index in [1.807, 2.05) is 18.2 Å². The zero-order valence-corrected chi connectivity index (χ0v) is 11.2. The second kappa shape index (κ2) is 5.36. The maximum atomic E-state index is 12.9. The Hall–Kier alpha value is -2.30. The van der Waals surface area contributed by atoms with Crippen molar-refractivity contribution in [3.8, 4) is 0 Å². The van der Waals surface area contributed by atoms with Gasteiger partial charge in [-0.05, 0) is 30.3 Å². The summed E-state index contributed by atoms with van der Waals surface area (Å²) >= 11 is 0. The van der Waals surface area contributed by atoms with E-state index in [9.17, 15) is 4.39 Å². The van der Waals surface area contributed by atoms with E-state index in [1.54, 1.807) is 12.4 Å². The molecule has 1 aromatic heterocycles. The number of nitrogen functional groups attached to an aromatic ring is 1. The SMILES string of the molecule is Nc1cnccc1N1CCN(c2ccc(F)cc2)CC1. The zero-order valence-electron chi connectivity index (χ0n) is 11.2. The first-order valence-electron chi connectivity index (χ1n) is 6.69. The summed E-state index contributed by atoms with van der Waals surface area (Å²) in [6, 6.07) is 8.60. The molecule has 0 amide bonds. The number of nitrogens with two attached hydrogens (primary N) is 1. The third-order valence-corrected chi connectivity index (χ3v) is 3.64. The van der Waals surface area contributed by atoms with Crippen molar-refractivity contribution < 1.29 is 4.39 Å². The molecular formula is C15H17FN4. The van der Waals surface area contributed by atoms with Gasteiger partial charge in [0.2, 0.25) is 0 Å². The first kappa shape index (κ1) is 12.7. The van der Waals surface area contributed by atoms with Gasteiger partial charge in [-0.2, -0.15) is 0 Å². The number of anilines is 3. The monoisotopic (exact) mass is 272 g/mol. The lowest BCUT2D eigenvalue weighted by atomic mass is 10.2. The second-order valence-corrected chi connectivity index (χ2v) is 4.89. The van der Waals surface area contributed by atoms with Gasteiger partial charge in [0.1, 0.15) is 5.82 Å². The molecule has 5 heteroatoms. The second-order valence-electron chi connectivity index (χ2n) is 4.89. The number of hydrogen-bond acceptors (Lipinski definition) is 4. The fourth-order valence-corrected chi connectivity index (χ4v) is 2.54. The Labute approximate surface area is 117 Å². The molecule has 2 aromatic rings. The quantitative estimate of drug-likeness (QED) is 0.909. The Morgan fingerprint density at radius 2 is 1.60 bits per heavy atom. The van der Waals surface area contributed by atoms with E-state index in [0.717, 1.165) is 37.6 Å². The molecule has 0 saturated carbocycles. The summed E-state index contributed by atoms with van der Waals surface area (Å²) in [5.74, 6) is -0.197. The van der Waals surface area contributed by atoms with Crippen LogP contribution in [-0.2, 0) is 0 Å². The van der Waals surface area contributed by atoms with Crippen molar-refractivity contribution in [2.24, 2.45) is 0 Å². The summed E-state index contributed by atoms with van der Waals surface area (Å²) in [5, 5.41) is 0. The summed E-state index contributed by atoms with van der Waals surface area (Å²) in [6.45, 7) is 3.58. The zero-order chi connectivity index (χ0) is 13.9. The van der Waals surface area contributed by atoms with E-state index < -0.39 is 0 Å². The van der Waals surface area contributed by atoms with Crippen LogP contribution >= 0.6 is 0 Å². The largest absolute Gasteiger partial charge is 0.396 e. The molecule has 1 aliphatic rings. The van der Waals surface area contributed by atoms with E-state index in [-0.39, 0.29) is 5.82 Å². The minimum absolute atomic E-state index is 0.197. The number of piperazine rings is 1. The number of rotatable bonds is 2. The molecule has 0 aliphatic carbocycles. The summed E-state index contributed by atoms with van der Waals surface area (Å²) in [7, 11) is 0. The molecule has 1 aliphatic heterocycles. The highest BCUT2D eigenvalue weighted by atomic mass is 19.1. The summed E-state index contributed by atoms with van der Waals surface area (Å²) in [4.78, 5) is 8.53. The number of halogens is 1. The van der Waals surface area contributed by atoms with Gasteiger partial charge in [0, 0.05) is 38.1 Å². The van der Waals surface area contributed by atoms with E-state index in [1.165, 1.54) is 12.1 Å². The van der Waals surface area contributed by atoms with Crippen LogP contribution in [0.4, 0.5) is 21.5 Å². The lowest BCUT2D eigenvalue weighted by molar-refractivity contribution is 0.625. The molecule has 2 N–H and O–H groups in total. The van der Waals surface area contributed by atoms with Crippen molar-refractivity contribution in [2.75, 3.05) is 41.7 Å². The number of benzene rings is 1. The fraction of sp³-hybridized carbons (Fsp3) is 0.267. The van der Waals surface area contributed by atoms with Crippen LogP contribution in [0.2, 0.25) is 0 Å². The molecule has 1 saturated heterocycles. The maximum absolute atomic E-state index is 12.9. The number of aromatic nitrogens is 1. The number of pyridine rings is 1. The molecule has 0 radical (unpaired) electrons. The number of hydrogen-bond donors (Lipinski definition) is 1. The molecule has 2 heterocycles. The van der Waals surface area contributed by atoms with Gasteiger partial charge in [0.15, 0.2) is 0 Å². The summed E-state index contributed by atoms with van der Waals surface area (Å²) in [5.41, 5.74) is 8.77. The molecule has 0 bridgehead atoms. The van der Waals surface area contributed by atoms with Crippen molar-refractivity contribution in [1.29, 1.82) is 0 Å². The Kier molecular flexibility index (Phi) is 3.41. The van der Waals surface area contributed by atoms with Crippen molar-refractivity contribution in [2.45, 2.75) is 0 Å². The minimum Gasteiger partial charge on any atom is -0.396 e. The van der Waals surface area contributed by atoms with Gasteiger partial charge >= 0.3 is 0 Å². The summed E-state index contributed by atoms with van der Waals surface area (Å²) in [6.07, 6.45) is 3.44. The smallest absolute Gasteiger partial charge is 0.123 e. The van der Waals surface area contributed by atoms with Crippen molar-refractivity contribution in [3.05, 3.63) is 48.5 Å². The highest BCUT2D eigenvalue weighted by molar-refractivity contribution is 5.66. The standard InChI is InChI=1S/C15H17FN4/c16-12-1-3-13(4-2-12)19-7-9-20(10-8-19)15-5-6-18-11-14(15)17/h1-6,11H,7-10,17H2. The van der Waals surface area contributed by atoms with Crippen molar-refractivity contribution in [3.63, 3.8) is 0 Å². The lowest BCUT2D eigenvalue weighted by Gasteiger charge is -2.37. The first-order chi connectivity index (χ1) is 9.74. The lowest BCUT2D eigenvalue weighted by Crippen LogP contribution is -2.46. The van der Waals surface area contributed by atoms with E-state index in [0.29, 0.717) is 5.69 Å². The molecule has 3 rings (SSSR count). The molecule has 20 heavy (non-hydrogen) atoms. The predicted octanol–water partition coefficient (Wildman–Crippen LogP) is 2.13. The normalized spacial score (nSPS) is 15.4. The van der Waals surface area contributed by atoms with Crippen LogP contribution in [0, 0.1) is 5.82 Å². The third-order valence-electron chi connectivity index (χ3n) is 3.64. The van der Waals surface area contributed by atoms with Crippen LogP contribution in [0.5, 0.6) is 0 Å². The Morgan fingerprint density at radius 1 is 0.950 bits per heavy atom.